The molecule has 5 nitrogen and oxygen atoms in total. The van der Waals surface area contributed by atoms with Crippen LogP contribution in [0.2, 0.25) is 0 Å². The van der Waals surface area contributed by atoms with Crippen LogP contribution in [0.15, 0.2) is 11.0 Å². The summed E-state index contributed by atoms with van der Waals surface area (Å²) in [6.45, 7) is 0. The fourth-order valence-corrected chi connectivity index (χ4v) is 1.56. The molecule has 0 aromatic carbocycles. The highest BCUT2D eigenvalue weighted by molar-refractivity contribution is 7.89. The molecule has 0 saturated heterocycles. The molecule has 0 aliphatic rings. The lowest BCUT2D eigenvalue weighted by Gasteiger charge is -2.05. The summed E-state index contributed by atoms with van der Waals surface area (Å²) in [6.07, 6.45) is -3.25. The number of nitrogens with two attached hydrogens (primary N) is 1. The summed E-state index contributed by atoms with van der Waals surface area (Å²) in [6, 6.07) is 1.51. The van der Waals surface area contributed by atoms with Crippen LogP contribution in [0.3, 0.4) is 0 Å². The van der Waals surface area contributed by atoms with Gasteiger partial charge in [0.15, 0.2) is 11.5 Å². The summed E-state index contributed by atoms with van der Waals surface area (Å²) >= 11 is 0. The minimum atomic E-state index is -4.38. The Kier molecular flexibility index (Phi) is 3.16. The Morgan fingerprint density at radius 1 is 1.50 bits per heavy atom. The molecule has 0 saturated carbocycles. The molecule has 1 aromatic heterocycles. The number of rotatable bonds is 2. The summed E-state index contributed by atoms with van der Waals surface area (Å²) in [5, 5.41) is 13.1. The van der Waals surface area contributed by atoms with Crippen LogP contribution in [0, 0.1) is 17.1 Å². The Morgan fingerprint density at radius 2 is 2.06 bits per heavy atom. The van der Waals surface area contributed by atoms with Crippen LogP contribution >= 0.6 is 0 Å². The summed E-state index contributed by atoms with van der Waals surface area (Å²) in [5.41, 5.74) is -2.15. The van der Waals surface area contributed by atoms with E-state index in [4.69, 9.17) is 5.26 Å². The zero-order chi connectivity index (χ0) is 12.5. The van der Waals surface area contributed by atoms with Crippen molar-refractivity contribution in [3.8, 4) is 6.07 Å². The van der Waals surface area contributed by atoms with Gasteiger partial charge in [0.1, 0.15) is 16.7 Å². The fraction of sp³-hybridized carbons (Fsp3) is 0.143. The maximum Gasteiger partial charge on any atom is 0.283 e. The zero-order valence-electron chi connectivity index (χ0n) is 7.49. The predicted octanol–water partition coefficient (Wildman–Crippen LogP) is 0.677. The van der Waals surface area contributed by atoms with Crippen molar-refractivity contribution < 1.29 is 21.6 Å². The van der Waals surface area contributed by atoms with Crippen molar-refractivity contribution in [2.24, 2.45) is 5.14 Å². The van der Waals surface area contributed by atoms with Gasteiger partial charge in [0, 0.05) is 0 Å². The molecular weight excluding hydrogens is 247 g/mol. The number of pyridine rings is 1. The van der Waals surface area contributed by atoms with Crippen LogP contribution in [-0.2, 0) is 10.0 Å². The number of sulfonamides is 1. The summed E-state index contributed by atoms with van der Waals surface area (Å²) in [5.74, 6) is -1.53. The lowest BCUT2D eigenvalue weighted by Crippen LogP contribution is -2.16. The van der Waals surface area contributed by atoms with Crippen molar-refractivity contribution in [1.82, 2.24) is 4.98 Å². The topological polar surface area (TPSA) is 96.8 Å². The molecule has 1 aromatic rings. The van der Waals surface area contributed by atoms with Gasteiger partial charge in [-0.3, -0.25) is 0 Å². The minimum Gasteiger partial charge on any atom is -0.232 e. The Bertz CT molecular complexity index is 565. The second kappa shape index (κ2) is 4.07. The third-order valence-corrected chi connectivity index (χ3v) is 2.51. The number of nitrogens with zero attached hydrogens (tertiary/aromatic N) is 2. The largest absolute Gasteiger partial charge is 0.283 e. The quantitative estimate of drug-likeness (QED) is 0.835. The van der Waals surface area contributed by atoms with Gasteiger partial charge in [0.25, 0.3) is 6.43 Å². The monoisotopic (exact) mass is 251 g/mol. The van der Waals surface area contributed by atoms with Gasteiger partial charge in [-0.2, -0.15) is 5.26 Å². The molecule has 0 fully saturated rings. The van der Waals surface area contributed by atoms with E-state index >= 15 is 0 Å². The summed E-state index contributed by atoms with van der Waals surface area (Å²) < 4.78 is 59.1. The molecule has 86 valence electrons. The molecule has 0 unspecified atom stereocenters. The smallest absolute Gasteiger partial charge is 0.232 e. The van der Waals surface area contributed by atoms with Crippen molar-refractivity contribution in [2.75, 3.05) is 0 Å². The van der Waals surface area contributed by atoms with E-state index in [0.717, 1.165) is 0 Å². The number of alkyl halides is 2. The number of primary sulfonamides is 1. The van der Waals surface area contributed by atoms with E-state index in [1.165, 1.54) is 6.07 Å². The van der Waals surface area contributed by atoms with Crippen molar-refractivity contribution in [1.29, 1.82) is 5.26 Å². The first kappa shape index (κ1) is 12.4. The van der Waals surface area contributed by atoms with E-state index in [0.29, 0.717) is 0 Å². The predicted molar refractivity (Wildman–Crippen MR) is 45.2 cm³/mol. The number of halogens is 3. The van der Waals surface area contributed by atoms with Crippen molar-refractivity contribution >= 4 is 10.0 Å². The minimum absolute atomic E-state index is 0.252. The maximum atomic E-state index is 13.0. The fourth-order valence-electron chi connectivity index (χ4n) is 0.936. The first-order valence-corrected chi connectivity index (χ1v) is 5.23. The van der Waals surface area contributed by atoms with E-state index < -0.39 is 38.5 Å². The number of aromatic nitrogens is 1. The number of hydrogen-bond donors (Lipinski definition) is 1. The second-order valence-corrected chi connectivity index (χ2v) is 4.19. The van der Waals surface area contributed by atoms with Crippen LogP contribution in [-0.4, -0.2) is 13.4 Å². The van der Waals surface area contributed by atoms with Gasteiger partial charge >= 0.3 is 0 Å². The maximum absolute atomic E-state index is 13.0. The van der Waals surface area contributed by atoms with Gasteiger partial charge < -0.3 is 0 Å². The third-order valence-electron chi connectivity index (χ3n) is 1.59. The summed E-state index contributed by atoms with van der Waals surface area (Å²) in [7, 11) is -4.38. The van der Waals surface area contributed by atoms with E-state index in [1.54, 1.807) is 0 Å². The van der Waals surface area contributed by atoms with Gasteiger partial charge in [-0.05, 0) is 6.07 Å². The molecule has 0 aliphatic heterocycles. The molecule has 0 radical (unpaired) electrons. The highest BCUT2D eigenvalue weighted by atomic mass is 32.2. The Hall–Kier alpha value is -1.66. The van der Waals surface area contributed by atoms with Gasteiger partial charge in [-0.25, -0.2) is 31.7 Å². The molecular formula is C7H4F3N3O2S. The van der Waals surface area contributed by atoms with E-state index in [-0.39, 0.29) is 6.07 Å². The standard InChI is InChI=1S/C7H4F3N3O2S/c8-3-1-5(16(12,14)15)4(2-11)13-6(3)7(9)10/h1,7H,(H2,12,14,15). The van der Waals surface area contributed by atoms with Crippen LogP contribution in [0.5, 0.6) is 0 Å². The molecule has 0 spiro atoms. The highest BCUT2D eigenvalue weighted by Crippen LogP contribution is 2.23. The van der Waals surface area contributed by atoms with Crippen LogP contribution < -0.4 is 5.14 Å². The van der Waals surface area contributed by atoms with Gasteiger partial charge in [-0.15, -0.1) is 0 Å². The Balaban J connectivity index is 3.59. The lowest BCUT2D eigenvalue weighted by atomic mass is 10.3. The molecule has 0 atom stereocenters. The molecule has 2 N–H and O–H groups in total. The second-order valence-electron chi connectivity index (χ2n) is 2.66. The van der Waals surface area contributed by atoms with E-state index in [2.05, 4.69) is 10.1 Å². The third kappa shape index (κ3) is 2.29. The average Bonchev–Trinajstić information content (AvgIpc) is 2.15. The van der Waals surface area contributed by atoms with Crippen molar-refractivity contribution in [3.63, 3.8) is 0 Å². The number of nitriles is 1. The van der Waals surface area contributed by atoms with Crippen LogP contribution in [0.25, 0.3) is 0 Å². The average molecular weight is 251 g/mol. The van der Waals surface area contributed by atoms with Crippen molar-refractivity contribution in [2.45, 2.75) is 11.3 Å². The normalized spacial score (nSPS) is 11.5. The molecule has 0 amide bonds. The van der Waals surface area contributed by atoms with Crippen LogP contribution in [0.4, 0.5) is 13.2 Å². The van der Waals surface area contributed by atoms with Gasteiger partial charge in [-0.1, -0.05) is 0 Å². The van der Waals surface area contributed by atoms with Crippen molar-refractivity contribution in [3.05, 3.63) is 23.3 Å². The molecule has 0 bridgehead atoms. The van der Waals surface area contributed by atoms with Crippen LogP contribution in [0.1, 0.15) is 17.8 Å². The summed E-state index contributed by atoms with van der Waals surface area (Å²) in [4.78, 5) is 1.99. The lowest BCUT2D eigenvalue weighted by molar-refractivity contribution is 0.140. The molecule has 9 heteroatoms. The molecule has 1 heterocycles. The number of hydrogen-bond acceptors (Lipinski definition) is 4. The van der Waals surface area contributed by atoms with Gasteiger partial charge in [0.2, 0.25) is 10.0 Å². The first-order chi connectivity index (χ1) is 7.27. The zero-order valence-corrected chi connectivity index (χ0v) is 8.30. The Labute approximate surface area is 88.4 Å². The molecule has 0 aliphatic carbocycles. The van der Waals surface area contributed by atoms with Gasteiger partial charge in [0.05, 0.1) is 0 Å². The van der Waals surface area contributed by atoms with E-state index in [9.17, 15) is 21.6 Å². The Morgan fingerprint density at radius 3 is 2.44 bits per heavy atom. The molecule has 16 heavy (non-hydrogen) atoms. The highest BCUT2D eigenvalue weighted by Gasteiger charge is 2.23. The SMILES string of the molecule is N#Cc1nc(C(F)F)c(F)cc1S(N)(=O)=O. The molecule has 1 rings (SSSR count). The first-order valence-electron chi connectivity index (χ1n) is 3.69. The van der Waals surface area contributed by atoms with E-state index in [1.807, 2.05) is 0 Å².